The maximum absolute atomic E-state index is 11.4. The SMILES string of the molecule is COC(CN)C(=O)N[C@H](C(=O)O)C(C)C. The summed E-state index contributed by atoms with van der Waals surface area (Å²) in [6.45, 7) is 3.44. The molecule has 0 saturated carbocycles. The van der Waals surface area contributed by atoms with Crippen LogP contribution in [0.2, 0.25) is 0 Å². The zero-order valence-corrected chi connectivity index (χ0v) is 9.19. The molecule has 0 saturated heterocycles. The van der Waals surface area contributed by atoms with Gasteiger partial charge < -0.3 is 20.9 Å². The van der Waals surface area contributed by atoms with E-state index in [1.165, 1.54) is 7.11 Å². The lowest BCUT2D eigenvalue weighted by Gasteiger charge is -2.20. The number of rotatable bonds is 6. The van der Waals surface area contributed by atoms with Crippen LogP contribution in [0.3, 0.4) is 0 Å². The summed E-state index contributed by atoms with van der Waals surface area (Å²) in [5, 5.41) is 11.2. The van der Waals surface area contributed by atoms with Crippen LogP contribution in [0.25, 0.3) is 0 Å². The van der Waals surface area contributed by atoms with Gasteiger partial charge in [-0.2, -0.15) is 0 Å². The Kier molecular flexibility index (Phi) is 5.88. The van der Waals surface area contributed by atoms with E-state index in [0.717, 1.165) is 0 Å². The summed E-state index contributed by atoms with van der Waals surface area (Å²) in [7, 11) is 1.35. The van der Waals surface area contributed by atoms with E-state index in [1.807, 2.05) is 0 Å². The van der Waals surface area contributed by atoms with Crippen molar-refractivity contribution in [1.82, 2.24) is 5.32 Å². The summed E-state index contributed by atoms with van der Waals surface area (Å²) in [4.78, 5) is 22.2. The molecule has 0 aromatic carbocycles. The lowest BCUT2D eigenvalue weighted by atomic mass is 10.0. The van der Waals surface area contributed by atoms with Crippen LogP contribution in [0.4, 0.5) is 0 Å². The Morgan fingerprint density at radius 3 is 2.27 bits per heavy atom. The van der Waals surface area contributed by atoms with Crippen molar-refractivity contribution in [2.24, 2.45) is 11.7 Å². The monoisotopic (exact) mass is 218 g/mol. The molecule has 15 heavy (non-hydrogen) atoms. The predicted octanol–water partition coefficient (Wildman–Crippen LogP) is -0.814. The quantitative estimate of drug-likeness (QED) is 0.541. The summed E-state index contributed by atoms with van der Waals surface area (Å²) in [5.74, 6) is -1.76. The maximum Gasteiger partial charge on any atom is 0.326 e. The zero-order chi connectivity index (χ0) is 12.0. The van der Waals surface area contributed by atoms with Gasteiger partial charge >= 0.3 is 5.97 Å². The summed E-state index contributed by atoms with van der Waals surface area (Å²) < 4.78 is 4.79. The Balaban J connectivity index is 4.41. The van der Waals surface area contributed by atoms with Crippen LogP contribution in [0.5, 0.6) is 0 Å². The second-order valence-electron chi connectivity index (χ2n) is 3.53. The molecule has 0 bridgehead atoms. The molecule has 1 unspecified atom stereocenters. The smallest absolute Gasteiger partial charge is 0.326 e. The van der Waals surface area contributed by atoms with Gasteiger partial charge in [0.25, 0.3) is 5.91 Å². The fourth-order valence-corrected chi connectivity index (χ4v) is 1.07. The number of carbonyl (C=O) groups excluding carboxylic acids is 1. The molecule has 0 heterocycles. The van der Waals surface area contributed by atoms with E-state index < -0.39 is 24.0 Å². The highest BCUT2D eigenvalue weighted by Gasteiger charge is 2.26. The largest absolute Gasteiger partial charge is 0.480 e. The highest BCUT2D eigenvalue weighted by atomic mass is 16.5. The number of methoxy groups -OCH3 is 1. The minimum atomic E-state index is -1.06. The van der Waals surface area contributed by atoms with Crippen molar-refractivity contribution in [2.75, 3.05) is 13.7 Å². The molecular weight excluding hydrogens is 200 g/mol. The van der Waals surface area contributed by atoms with Crippen molar-refractivity contribution in [1.29, 1.82) is 0 Å². The molecule has 6 nitrogen and oxygen atoms in total. The van der Waals surface area contributed by atoms with Crippen LogP contribution in [0.1, 0.15) is 13.8 Å². The third kappa shape index (κ3) is 4.26. The topological polar surface area (TPSA) is 102 Å². The van der Waals surface area contributed by atoms with Gasteiger partial charge in [-0.1, -0.05) is 13.8 Å². The number of carbonyl (C=O) groups is 2. The van der Waals surface area contributed by atoms with Gasteiger partial charge in [-0.05, 0) is 5.92 Å². The first kappa shape index (κ1) is 13.9. The minimum Gasteiger partial charge on any atom is -0.480 e. The number of carboxylic acid groups (broad SMARTS) is 1. The highest BCUT2D eigenvalue weighted by molar-refractivity contribution is 5.86. The summed E-state index contributed by atoms with van der Waals surface area (Å²) >= 11 is 0. The molecule has 6 heteroatoms. The number of nitrogens with two attached hydrogens (primary N) is 1. The van der Waals surface area contributed by atoms with Crippen LogP contribution >= 0.6 is 0 Å². The molecule has 2 atom stereocenters. The number of carboxylic acids is 1. The third-order valence-corrected chi connectivity index (χ3v) is 2.02. The van der Waals surface area contributed by atoms with Crippen molar-refractivity contribution in [2.45, 2.75) is 26.0 Å². The predicted molar refractivity (Wildman–Crippen MR) is 54.3 cm³/mol. The van der Waals surface area contributed by atoms with Crippen LogP contribution in [0, 0.1) is 5.92 Å². The molecule has 0 fully saturated rings. The van der Waals surface area contributed by atoms with E-state index in [1.54, 1.807) is 13.8 Å². The van der Waals surface area contributed by atoms with Crippen molar-refractivity contribution in [3.63, 3.8) is 0 Å². The second-order valence-corrected chi connectivity index (χ2v) is 3.53. The standard InChI is InChI=1S/C9H18N2O4/c1-5(2)7(9(13)14)11-8(12)6(4-10)15-3/h5-7H,4,10H2,1-3H3,(H,11,12)(H,13,14)/t6?,7-/m0/s1. The van der Waals surface area contributed by atoms with E-state index in [2.05, 4.69) is 5.32 Å². The van der Waals surface area contributed by atoms with Gasteiger partial charge in [-0.3, -0.25) is 4.79 Å². The summed E-state index contributed by atoms with van der Waals surface area (Å²) in [6.07, 6.45) is -0.800. The molecule has 0 aliphatic carbocycles. The number of ether oxygens (including phenoxy) is 1. The molecule has 0 rings (SSSR count). The number of nitrogens with one attached hydrogen (secondary N) is 1. The molecule has 0 aliphatic rings. The average molecular weight is 218 g/mol. The fourth-order valence-electron chi connectivity index (χ4n) is 1.07. The fraction of sp³-hybridized carbons (Fsp3) is 0.778. The second kappa shape index (κ2) is 6.36. The molecule has 0 aliphatic heterocycles. The number of amides is 1. The normalized spacial score (nSPS) is 14.7. The molecule has 0 aromatic rings. The molecule has 4 N–H and O–H groups in total. The Morgan fingerprint density at radius 1 is 1.47 bits per heavy atom. The number of hydrogen-bond acceptors (Lipinski definition) is 4. The zero-order valence-electron chi connectivity index (χ0n) is 9.19. The lowest BCUT2D eigenvalue weighted by Crippen LogP contribution is -2.50. The van der Waals surface area contributed by atoms with Crippen LogP contribution < -0.4 is 11.1 Å². The van der Waals surface area contributed by atoms with Gasteiger partial charge in [0.2, 0.25) is 0 Å². The highest BCUT2D eigenvalue weighted by Crippen LogP contribution is 2.02. The van der Waals surface area contributed by atoms with Gasteiger partial charge in [0.05, 0.1) is 0 Å². The Bertz CT molecular complexity index is 226. The van der Waals surface area contributed by atoms with Crippen molar-refractivity contribution in [3.05, 3.63) is 0 Å². The van der Waals surface area contributed by atoms with Gasteiger partial charge in [0, 0.05) is 13.7 Å². The van der Waals surface area contributed by atoms with Crippen molar-refractivity contribution in [3.8, 4) is 0 Å². The van der Waals surface area contributed by atoms with Crippen LogP contribution in [-0.4, -0.2) is 42.8 Å². The number of hydrogen-bond donors (Lipinski definition) is 3. The van der Waals surface area contributed by atoms with E-state index in [4.69, 9.17) is 15.6 Å². The van der Waals surface area contributed by atoms with Gasteiger partial charge in [-0.25, -0.2) is 4.79 Å². The lowest BCUT2D eigenvalue weighted by molar-refractivity contribution is -0.145. The first-order valence-electron chi connectivity index (χ1n) is 4.70. The summed E-state index contributed by atoms with van der Waals surface area (Å²) in [5.41, 5.74) is 5.28. The van der Waals surface area contributed by atoms with E-state index in [-0.39, 0.29) is 12.5 Å². The Hall–Kier alpha value is -1.14. The van der Waals surface area contributed by atoms with Crippen molar-refractivity contribution < 1.29 is 19.4 Å². The first-order valence-corrected chi connectivity index (χ1v) is 4.70. The van der Waals surface area contributed by atoms with Gasteiger partial charge in [-0.15, -0.1) is 0 Å². The van der Waals surface area contributed by atoms with Crippen LogP contribution in [0.15, 0.2) is 0 Å². The molecule has 0 spiro atoms. The molecular formula is C9H18N2O4. The molecule has 0 aromatic heterocycles. The first-order chi connectivity index (χ1) is 6.93. The number of aliphatic carboxylic acids is 1. The van der Waals surface area contributed by atoms with Crippen LogP contribution in [-0.2, 0) is 14.3 Å². The van der Waals surface area contributed by atoms with Gasteiger partial charge in [0.1, 0.15) is 12.1 Å². The maximum atomic E-state index is 11.4. The molecule has 1 amide bonds. The van der Waals surface area contributed by atoms with Gasteiger partial charge in [0.15, 0.2) is 0 Å². The molecule has 0 radical (unpaired) electrons. The Labute approximate surface area is 88.8 Å². The summed E-state index contributed by atoms with van der Waals surface area (Å²) in [6, 6.07) is -0.915. The Morgan fingerprint density at radius 2 is 2.00 bits per heavy atom. The van der Waals surface area contributed by atoms with E-state index in [0.29, 0.717) is 0 Å². The third-order valence-electron chi connectivity index (χ3n) is 2.02. The van der Waals surface area contributed by atoms with E-state index in [9.17, 15) is 9.59 Å². The minimum absolute atomic E-state index is 0.0206. The average Bonchev–Trinajstić information content (AvgIpc) is 2.15. The van der Waals surface area contributed by atoms with Crippen molar-refractivity contribution >= 4 is 11.9 Å². The molecule has 88 valence electrons. The van der Waals surface area contributed by atoms with E-state index >= 15 is 0 Å².